The molecule has 3 saturated carbocycles. The minimum absolute atomic E-state index is 0.00920. The Morgan fingerprint density at radius 1 is 1.25 bits per heavy atom. The van der Waals surface area contributed by atoms with E-state index in [-0.39, 0.29) is 40.1 Å². The van der Waals surface area contributed by atoms with Crippen molar-refractivity contribution in [2.24, 2.45) is 0 Å². The van der Waals surface area contributed by atoms with Crippen molar-refractivity contribution in [1.82, 2.24) is 19.5 Å². The Balaban J connectivity index is 1.27. The van der Waals surface area contributed by atoms with E-state index >= 15 is 4.39 Å². The molecule has 2 aliphatic heterocycles. The van der Waals surface area contributed by atoms with Gasteiger partial charge in [0.25, 0.3) is 0 Å². The van der Waals surface area contributed by atoms with Crippen molar-refractivity contribution in [3.05, 3.63) is 35.0 Å². The summed E-state index contributed by atoms with van der Waals surface area (Å²) in [4.78, 5) is 13.5. The molecule has 2 aromatic heterocycles. The molecule has 0 radical (unpaired) electrons. The highest BCUT2D eigenvalue weighted by atomic mass is 35.5. The summed E-state index contributed by atoms with van der Waals surface area (Å²) in [6.45, 7) is 4.47. The first-order valence-corrected chi connectivity index (χ1v) is 12.7. The first-order valence-electron chi connectivity index (χ1n) is 12.3. The quantitative estimate of drug-likeness (QED) is 0.521. The van der Waals surface area contributed by atoms with Crippen LogP contribution in [-0.2, 0) is 14.9 Å². The van der Waals surface area contributed by atoms with Crippen LogP contribution in [0, 0.1) is 5.82 Å². The molecule has 4 bridgehead atoms. The van der Waals surface area contributed by atoms with Crippen LogP contribution in [0.2, 0.25) is 5.02 Å². The van der Waals surface area contributed by atoms with Crippen LogP contribution in [0.5, 0.6) is 0 Å². The average Bonchev–Trinajstić information content (AvgIpc) is 3.38. The van der Waals surface area contributed by atoms with Crippen LogP contribution >= 0.6 is 11.6 Å². The maximum atomic E-state index is 15.4. The zero-order valence-electron chi connectivity index (χ0n) is 19.8. The van der Waals surface area contributed by atoms with Gasteiger partial charge in [-0.2, -0.15) is 0 Å². The minimum atomic E-state index is -1.08. The zero-order valence-corrected chi connectivity index (χ0v) is 20.6. The Morgan fingerprint density at radius 3 is 2.75 bits per heavy atom. The number of halogens is 3. The van der Waals surface area contributed by atoms with E-state index in [1.165, 1.54) is 12.3 Å². The molecule has 0 amide bonds. The maximum Gasteiger partial charge on any atom is 0.223 e. The van der Waals surface area contributed by atoms with Gasteiger partial charge in [-0.3, -0.25) is 0 Å². The van der Waals surface area contributed by atoms with Gasteiger partial charge in [0.15, 0.2) is 12.1 Å². The molecular weight excluding hydrogens is 492 g/mol. The molecule has 1 aromatic carbocycles. The predicted molar refractivity (Wildman–Crippen MR) is 128 cm³/mol. The van der Waals surface area contributed by atoms with E-state index in [4.69, 9.17) is 21.1 Å². The lowest BCUT2D eigenvalue weighted by atomic mass is 9.42. The van der Waals surface area contributed by atoms with Crippen LogP contribution in [0.1, 0.15) is 51.4 Å². The average molecular weight is 518 g/mol. The fourth-order valence-electron chi connectivity index (χ4n) is 6.42. The van der Waals surface area contributed by atoms with Gasteiger partial charge in [0.05, 0.1) is 41.2 Å². The monoisotopic (exact) mass is 517 g/mol. The maximum absolute atomic E-state index is 15.4. The van der Waals surface area contributed by atoms with Gasteiger partial charge in [-0.05, 0) is 51.7 Å². The van der Waals surface area contributed by atoms with Crippen molar-refractivity contribution in [2.75, 3.05) is 11.9 Å². The van der Waals surface area contributed by atoms with Crippen LogP contribution in [0.3, 0.4) is 0 Å². The summed E-state index contributed by atoms with van der Waals surface area (Å²) < 4.78 is 42.8. The summed E-state index contributed by atoms with van der Waals surface area (Å²) in [5.41, 5.74) is 0.365. The van der Waals surface area contributed by atoms with Crippen LogP contribution < -0.4 is 5.32 Å². The van der Waals surface area contributed by atoms with Crippen molar-refractivity contribution >= 4 is 28.6 Å². The number of nitrogens with zero attached hydrogens (tertiary/aromatic N) is 4. The van der Waals surface area contributed by atoms with Gasteiger partial charge < -0.3 is 24.5 Å². The molecule has 3 aliphatic carbocycles. The van der Waals surface area contributed by atoms with E-state index in [2.05, 4.69) is 20.3 Å². The highest BCUT2D eigenvalue weighted by molar-refractivity contribution is 6.33. The summed E-state index contributed by atoms with van der Waals surface area (Å²) in [5, 5.41) is 14.0. The third-order valence-corrected chi connectivity index (χ3v) is 8.29. The normalized spacial score (nSPS) is 34.6. The smallest absolute Gasteiger partial charge is 0.223 e. The van der Waals surface area contributed by atoms with E-state index in [0.717, 1.165) is 5.82 Å². The number of rotatable bonds is 5. The summed E-state index contributed by atoms with van der Waals surface area (Å²) >= 11 is 6.47. The second-order valence-electron chi connectivity index (χ2n) is 11.0. The van der Waals surface area contributed by atoms with E-state index < -0.39 is 23.9 Å². The number of hydrogen-bond donors (Lipinski definition) is 2. The number of imidazole rings is 1. The molecule has 8 rings (SSSR count). The van der Waals surface area contributed by atoms with E-state index in [9.17, 15) is 9.50 Å². The van der Waals surface area contributed by atoms with Gasteiger partial charge >= 0.3 is 0 Å². The molecule has 5 fully saturated rings. The second kappa shape index (κ2) is 7.56. The fraction of sp³-hybridized carbons (Fsp3) is 0.560. The number of hydrogen-bond acceptors (Lipinski definition) is 7. The van der Waals surface area contributed by atoms with Gasteiger partial charge in [-0.15, -0.1) is 0 Å². The Kier molecular flexibility index (Phi) is 4.78. The van der Waals surface area contributed by atoms with Gasteiger partial charge in [0.2, 0.25) is 5.95 Å². The molecule has 2 saturated heterocycles. The number of fused-ring (bicyclic) bond motifs is 3. The third kappa shape index (κ3) is 3.24. The van der Waals surface area contributed by atoms with Crippen LogP contribution in [0.15, 0.2) is 18.3 Å². The third-order valence-electron chi connectivity index (χ3n) is 8.02. The van der Waals surface area contributed by atoms with Gasteiger partial charge in [-0.25, -0.2) is 23.7 Å². The summed E-state index contributed by atoms with van der Waals surface area (Å²) in [5.74, 6) is 0.535. The Morgan fingerprint density at radius 2 is 2.03 bits per heavy atom. The molecular formula is C25H26ClF2N5O3. The lowest BCUT2D eigenvalue weighted by Gasteiger charge is -2.65. The van der Waals surface area contributed by atoms with Gasteiger partial charge in [0.1, 0.15) is 23.1 Å². The number of anilines is 1. The van der Waals surface area contributed by atoms with Crippen molar-refractivity contribution in [1.29, 1.82) is 0 Å². The molecule has 11 heteroatoms. The van der Waals surface area contributed by atoms with Crippen LogP contribution in [0.25, 0.3) is 22.3 Å². The summed E-state index contributed by atoms with van der Waals surface area (Å²) in [6, 6.07) is 2.86. The molecule has 5 aliphatic rings. The number of aliphatic hydroxyl groups excluding tert-OH is 1. The Bertz CT molecular complexity index is 1380. The lowest BCUT2D eigenvalue weighted by molar-refractivity contribution is -0.163. The van der Waals surface area contributed by atoms with Crippen molar-refractivity contribution in [2.45, 2.75) is 81.2 Å². The fourth-order valence-corrected chi connectivity index (χ4v) is 6.62. The zero-order chi connectivity index (χ0) is 25.0. The van der Waals surface area contributed by atoms with E-state index in [0.29, 0.717) is 49.1 Å². The number of aliphatic hydroxyl groups is 1. The van der Waals surface area contributed by atoms with Crippen LogP contribution in [0.4, 0.5) is 14.7 Å². The second-order valence-corrected chi connectivity index (χ2v) is 11.4. The molecule has 0 spiro atoms. The van der Waals surface area contributed by atoms with Gasteiger partial charge in [0, 0.05) is 17.0 Å². The highest BCUT2D eigenvalue weighted by Crippen LogP contribution is 2.70. The van der Waals surface area contributed by atoms with Crippen molar-refractivity contribution in [3.8, 4) is 11.3 Å². The largest absolute Gasteiger partial charge is 0.386 e. The first-order chi connectivity index (χ1) is 17.1. The van der Waals surface area contributed by atoms with Crippen molar-refractivity contribution in [3.63, 3.8) is 0 Å². The van der Waals surface area contributed by atoms with Crippen molar-refractivity contribution < 1.29 is 23.4 Å². The number of benzene rings is 1. The topological polar surface area (TPSA) is 94.3 Å². The summed E-state index contributed by atoms with van der Waals surface area (Å²) in [7, 11) is 0. The molecule has 1 unspecified atom stereocenters. The molecule has 190 valence electrons. The van der Waals surface area contributed by atoms with E-state index in [1.54, 1.807) is 0 Å². The highest BCUT2D eigenvalue weighted by Gasteiger charge is 2.71. The molecule has 3 aromatic rings. The number of aromatic nitrogens is 4. The Labute approximate surface area is 211 Å². The molecule has 4 heterocycles. The number of nitrogens with one attached hydrogen (secondary N) is 1. The SMILES string of the molecule is CC(C)n1c(C23CC(F)(C2)C3)nc2c(F)cc(-c3nc(NC4C[C@H]5CO[C@H](O5)[C@H]4O)ncc3Cl)cc21. The summed E-state index contributed by atoms with van der Waals surface area (Å²) in [6.07, 6.45) is 1.68. The lowest BCUT2D eigenvalue weighted by Crippen LogP contribution is -2.67. The van der Waals surface area contributed by atoms with Crippen LogP contribution in [-0.4, -0.2) is 61.4 Å². The first kappa shape index (κ1) is 22.8. The predicted octanol–water partition coefficient (Wildman–Crippen LogP) is 4.30. The molecule has 8 nitrogen and oxygen atoms in total. The Hall–Kier alpha value is -2.40. The number of ether oxygens (including phenoxy) is 2. The van der Waals surface area contributed by atoms with E-state index in [1.807, 2.05) is 24.5 Å². The number of alkyl halides is 1. The standard InChI is InChI=1S/C25H26ClF2N5O3/c1-11(2)33-17-4-12(3-15(27)19(17)31-22(33)24-8-25(28,9-24)10-24)18-14(26)6-29-23(32-18)30-16-5-13-7-35-21(36-13)20(16)34/h3-4,6,11,13,16,20-21,34H,5,7-10H2,1-2H3,(H,29,30,32)/t13-,16?,20-,21+,24?,25?/m0/s1. The van der Waals surface area contributed by atoms with Gasteiger partial charge in [-0.1, -0.05) is 11.6 Å². The molecule has 36 heavy (non-hydrogen) atoms. The molecule has 2 N–H and O–H groups in total. The molecule has 4 atom stereocenters. The minimum Gasteiger partial charge on any atom is -0.386 e.